The fraction of sp³-hybridized carbons (Fsp3) is 1.00. The molecule has 0 bridgehead atoms. The zero-order valence-electron chi connectivity index (χ0n) is 15.1. The Labute approximate surface area is 152 Å². The number of alkyl halides is 3. The fourth-order valence-corrected chi connectivity index (χ4v) is 6.51. The first kappa shape index (κ1) is 21.9. The molecule has 2 aliphatic rings. The van der Waals surface area contributed by atoms with Crippen LogP contribution in [0.3, 0.4) is 0 Å². The summed E-state index contributed by atoms with van der Waals surface area (Å²) >= 11 is 0. The van der Waals surface area contributed by atoms with Gasteiger partial charge in [0.1, 0.15) is 4.75 Å². The summed E-state index contributed by atoms with van der Waals surface area (Å²) in [4.78, 5) is 0. The van der Waals surface area contributed by atoms with Gasteiger partial charge in [-0.3, -0.25) is 4.55 Å². The zero-order valence-corrected chi connectivity index (χ0v) is 16.7. The molecule has 1 aliphatic heterocycles. The number of hydrogen-bond donors (Lipinski definition) is 1. The molecule has 3 atom stereocenters. The molecule has 2 fully saturated rings. The van der Waals surface area contributed by atoms with E-state index in [0.717, 1.165) is 30.0 Å². The first-order valence-electron chi connectivity index (χ1n) is 8.61. The average Bonchev–Trinajstić information content (AvgIpc) is 2.52. The number of piperidine rings is 1. The van der Waals surface area contributed by atoms with Gasteiger partial charge in [0.25, 0.3) is 5.00 Å². The summed E-state index contributed by atoms with van der Waals surface area (Å²) in [5, 5.41) is -4.44. The van der Waals surface area contributed by atoms with Gasteiger partial charge in [-0.25, -0.2) is 17.1 Å². The van der Waals surface area contributed by atoms with Gasteiger partial charge in [-0.15, -0.1) is 0 Å². The molecule has 0 aromatic heterocycles. The van der Waals surface area contributed by atoms with Crippen molar-refractivity contribution in [3.8, 4) is 0 Å². The molecular weight excluding hydrogens is 395 g/mol. The lowest BCUT2D eigenvalue weighted by molar-refractivity contribution is -0.114. The highest BCUT2D eigenvalue weighted by Crippen LogP contribution is 2.49. The fourth-order valence-electron chi connectivity index (χ4n) is 3.97. The van der Waals surface area contributed by atoms with Gasteiger partial charge in [-0.05, 0) is 45.4 Å². The Hall–Kier alpha value is -0.390. The van der Waals surface area contributed by atoms with Crippen LogP contribution in [-0.2, 0) is 20.1 Å². The van der Waals surface area contributed by atoms with Gasteiger partial charge < -0.3 is 0 Å². The predicted molar refractivity (Wildman–Crippen MR) is 90.6 cm³/mol. The first-order valence-corrected chi connectivity index (χ1v) is 11.5. The van der Waals surface area contributed by atoms with Crippen LogP contribution in [-0.4, -0.2) is 54.5 Å². The summed E-state index contributed by atoms with van der Waals surface area (Å²) in [6.07, 6.45) is 4.32. The van der Waals surface area contributed by atoms with Gasteiger partial charge in [0.05, 0.1) is 0 Å². The third-order valence-electron chi connectivity index (χ3n) is 6.04. The van der Waals surface area contributed by atoms with E-state index in [-0.39, 0.29) is 25.9 Å². The molecular formula is C15H26F3NO5S2. The number of fused-ring (bicyclic) bond motifs is 1. The molecule has 1 aliphatic carbocycles. The molecule has 3 unspecified atom stereocenters. The normalized spacial score (nSPS) is 29.0. The SMILES string of the molecule is CC(F)(C(F)(F)C(C)(C)S(=O)(=O)N1CCC2CCCCC2C1)S(=O)(=O)O. The van der Waals surface area contributed by atoms with E-state index < -0.39 is 35.8 Å². The lowest BCUT2D eigenvalue weighted by Gasteiger charge is -2.45. The van der Waals surface area contributed by atoms with Crippen LogP contribution < -0.4 is 0 Å². The summed E-state index contributed by atoms with van der Waals surface area (Å²) in [5.41, 5.74) is 0. The Balaban J connectivity index is 2.37. The van der Waals surface area contributed by atoms with Crippen molar-refractivity contribution in [1.82, 2.24) is 4.31 Å². The second-order valence-corrected chi connectivity index (χ2v) is 12.1. The second-order valence-electron chi connectivity index (χ2n) is 7.93. The molecule has 0 aromatic rings. The van der Waals surface area contributed by atoms with E-state index in [1.807, 2.05) is 0 Å². The van der Waals surface area contributed by atoms with E-state index in [2.05, 4.69) is 0 Å². The van der Waals surface area contributed by atoms with Crippen LogP contribution in [0.4, 0.5) is 13.2 Å². The molecule has 0 radical (unpaired) electrons. The predicted octanol–water partition coefficient (Wildman–Crippen LogP) is 2.82. The minimum absolute atomic E-state index is 0.0209. The second kappa shape index (κ2) is 6.59. The molecule has 0 spiro atoms. The highest BCUT2D eigenvalue weighted by molar-refractivity contribution is 7.90. The van der Waals surface area contributed by atoms with E-state index in [9.17, 15) is 30.0 Å². The van der Waals surface area contributed by atoms with E-state index in [4.69, 9.17) is 4.55 Å². The monoisotopic (exact) mass is 421 g/mol. The van der Waals surface area contributed by atoms with E-state index in [0.29, 0.717) is 26.2 Å². The smallest absolute Gasteiger partial charge is 0.283 e. The Morgan fingerprint density at radius 3 is 1.92 bits per heavy atom. The van der Waals surface area contributed by atoms with Crippen LogP contribution >= 0.6 is 0 Å². The summed E-state index contributed by atoms with van der Waals surface area (Å²) in [7, 11) is -10.6. The summed E-state index contributed by atoms with van der Waals surface area (Å²) < 4.78 is 98.7. The van der Waals surface area contributed by atoms with E-state index in [1.54, 1.807) is 0 Å². The van der Waals surface area contributed by atoms with Crippen LogP contribution in [0.2, 0.25) is 0 Å². The lowest BCUT2D eigenvalue weighted by atomic mass is 9.76. The molecule has 1 saturated heterocycles. The molecule has 0 aromatic carbocycles. The number of halogens is 3. The van der Waals surface area contributed by atoms with Gasteiger partial charge in [-0.2, -0.15) is 17.2 Å². The van der Waals surface area contributed by atoms with Gasteiger partial charge in [0.15, 0.2) is 0 Å². The van der Waals surface area contributed by atoms with Gasteiger partial charge in [0, 0.05) is 13.1 Å². The number of rotatable bonds is 5. The minimum Gasteiger partial charge on any atom is -0.283 e. The third kappa shape index (κ3) is 3.18. The molecule has 1 N–H and O–H groups in total. The van der Waals surface area contributed by atoms with Crippen LogP contribution in [0.1, 0.15) is 52.9 Å². The molecule has 26 heavy (non-hydrogen) atoms. The van der Waals surface area contributed by atoms with Crippen molar-refractivity contribution in [1.29, 1.82) is 0 Å². The van der Waals surface area contributed by atoms with Crippen molar-refractivity contribution >= 4 is 20.1 Å². The Morgan fingerprint density at radius 1 is 0.923 bits per heavy atom. The third-order valence-corrected chi connectivity index (χ3v) is 9.82. The Kier molecular flexibility index (Phi) is 5.56. The summed E-state index contributed by atoms with van der Waals surface area (Å²) in [6, 6.07) is 0. The summed E-state index contributed by atoms with van der Waals surface area (Å²) in [5.74, 6) is -4.46. The largest absolute Gasteiger partial charge is 0.317 e. The highest BCUT2D eigenvalue weighted by Gasteiger charge is 2.72. The standard InChI is InChI=1S/C15H26F3NO5S2/c1-13(2,15(17,18)14(3,16)26(22,23)24)25(20,21)19-9-8-11-6-4-5-7-12(11)10-19/h11-12H,4-10H2,1-3H3,(H,22,23,24). The maximum Gasteiger partial charge on any atom is 0.317 e. The number of sulfonamides is 1. The van der Waals surface area contributed by atoms with E-state index in [1.165, 1.54) is 0 Å². The minimum atomic E-state index is -5.85. The van der Waals surface area contributed by atoms with Crippen molar-refractivity contribution in [2.75, 3.05) is 13.1 Å². The number of hydrogen-bond acceptors (Lipinski definition) is 4. The Bertz CT molecular complexity index is 749. The van der Waals surface area contributed by atoms with Crippen molar-refractivity contribution < 1.29 is 34.6 Å². The topological polar surface area (TPSA) is 91.8 Å². The van der Waals surface area contributed by atoms with Crippen molar-refractivity contribution in [3.63, 3.8) is 0 Å². The van der Waals surface area contributed by atoms with Crippen molar-refractivity contribution in [2.45, 2.75) is 68.5 Å². The lowest BCUT2D eigenvalue weighted by Crippen LogP contribution is -2.65. The maximum absolute atomic E-state index is 14.7. The molecule has 6 nitrogen and oxygen atoms in total. The van der Waals surface area contributed by atoms with Crippen LogP contribution in [0.15, 0.2) is 0 Å². The maximum atomic E-state index is 14.7. The highest BCUT2D eigenvalue weighted by atomic mass is 32.2. The zero-order chi connectivity index (χ0) is 20.2. The van der Waals surface area contributed by atoms with Crippen LogP contribution in [0.5, 0.6) is 0 Å². The molecule has 11 heteroatoms. The number of nitrogens with zero attached hydrogens (tertiary/aromatic N) is 1. The quantitative estimate of drug-likeness (QED) is 0.689. The molecule has 2 rings (SSSR count). The van der Waals surface area contributed by atoms with Gasteiger partial charge >= 0.3 is 16.0 Å². The van der Waals surface area contributed by atoms with Gasteiger partial charge in [-0.1, -0.05) is 19.3 Å². The van der Waals surface area contributed by atoms with Gasteiger partial charge in [0.2, 0.25) is 10.0 Å². The average molecular weight is 422 g/mol. The van der Waals surface area contributed by atoms with Crippen molar-refractivity contribution in [2.24, 2.45) is 11.8 Å². The Morgan fingerprint density at radius 2 is 1.42 bits per heavy atom. The molecule has 1 saturated carbocycles. The van der Waals surface area contributed by atoms with Crippen LogP contribution in [0.25, 0.3) is 0 Å². The first-order chi connectivity index (χ1) is 11.6. The molecule has 154 valence electrons. The van der Waals surface area contributed by atoms with Crippen molar-refractivity contribution in [3.05, 3.63) is 0 Å². The van der Waals surface area contributed by atoms with E-state index >= 15 is 0 Å². The molecule has 1 heterocycles. The molecule has 0 amide bonds. The van der Waals surface area contributed by atoms with Crippen LogP contribution in [0, 0.1) is 11.8 Å². The summed E-state index contributed by atoms with van der Waals surface area (Å²) in [6.45, 7) is 1.28.